The molecule has 0 saturated heterocycles. The fourth-order valence-electron chi connectivity index (χ4n) is 8.56. The number of carboxylic acid groups (broad SMARTS) is 3. The van der Waals surface area contributed by atoms with E-state index in [4.69, 9.17) is 0 Å². The summed E-state index contributed by atoms with van der Waals surface area (Å²) in [6.07, 6.45) is 14.6. The summed E-state index contributed by atoms with van der Waals surface area (Å²) in [5, 5.41) is 56.5. The molecule has 2 rings (SSSR count). The Hall–Kier alpha value is -3.55. The van der Waals surface area contributed by atoms with Gasteiger partial charge in [0.2, 0.25) is 0 Å². The van der Waals surface area contributed by atoms with Gasteiger partial charge in [-0.05, 0) is 67.4 Å². The third-order valence-corrected chi connectivity index (χ3v) is 11.9. The first-order valence-corrected chi connectivity index (χ1v) is 22.1. The number of phenolic OH excluding ortho intramolecular Hbond substituents is 2. The molecule has 0 aliphatic carbocycles. The molecule has 0 aromatic heterocycles. The van der Waals surface area contributed by atoms with Gasteiger partial charge in [-0.1, -0.05) is 198 Å². The molecule has 0 saturated carbocycles. The number of hydrogen-bond donors (Lipinski definition) is 5. The van der Waals surface area contributed by atoms with Crippen molar-refractivity contribution in [3.05, 3.63) is 57.6 Å². The van der Waals surface area contributed by atoms with Crippen LogP contribution in [0.4, 0.5) is 0 Å². The number of hydrogen-bond acceptors (Lipinski definition) is 5. The van der Waals surface area contributed by atoms with Gasteiger partial charge in [-0.15, -0.1) is 0 Å². The third kappa shape index (κ3) is 14.0. The van der Waals surface area contributed by atoms with Crippen LogP contribution in [0.5, 0.6) is 11.5 Å². The van der Waals surface area contributed by atoms with E-state index >= 15 is 0 Å². The number of aliphatic carboxylic acids is 3. The summed E-state index contributed by atoms with van der Waals surface area (Å²) in [5.74, 6) is -9.63. The summed E-state index contributed by atoms with van der Waals surface area (Å²) < 4.78 is 0. The van der Waals surface area contributed by atoms with E-state index in [0.717, 1.165) is 25.7 Å². The molecule has 0 bridgehead atoms. The lowest BCUT2D eigenvalue weighted by molar-refractivity contribution is -0.155. The Morgan fingerprint density at radius 2 is 0.724 bits per heavy atom. The van der Waals surface area contributed by atoms with Crippen molar-refractivity contribution in [3.8, 4) is 11.5 Å². The standard InChI is InChI=1S/C50H80O8/c1-14-15-16-17-18-19-20-21-22-23-24-25-26-27-34(39(44(53)54)32-28-35(47(2,3)4)42(51)36(29-32)48(5,6)7)41(46(57)58)40(45(55)56)33-30-37(49(8,9)10)43(52)38(31-33)50(11,12)13/h28-31,34,39-41,51-52H,14-27H2,1-13H3,(H,53,54)(H,55,56)(H,57,58). The molecule has 0 amide bonds. The molecule has 0 fully saturated rings. The van der Waals surface area contributed by atoms with Gasteiger partial charge in [0.15, 0.2) is 0 Å². The zero-order valence-corrected chi connectivity index (χ0v) is 38.5. The molecule has 5 N–H and O–H groups in total. The number of unbranched alkanes of at least 4 members (excludes halogenated alkanes) is 12. The van der Waals surface area contributed by atoms with E-state index in [0.29, 0.717) is 34.2 Å². The van der Waals surface area contributed by atoms with Crippen molar-refractivity contribution in [2.45, 2.75) is 213 Å². The minimum Gasteiger partial charge on any atom is -0.507 e. The number of carbonyl (C=O) groups is 3. The highest BCUT2D eigenvalue weighted by Gasteiger charge is 2.47. The summed E-state index contributed by atoms with van der Waals surface area (Å²) in [4.78, 5) is 41.0. The SMILES string of the molecule is CCCCCCCCCCCCCCCC(C(C(=O)O)c1cc(C(C)(C)C)c(O)c(C(C)(C)C)c1)C(C(=O)O)C(C(=O)O)c1cc(C(C)(C)C)c(O)c(C(C)(C)C)c1. The molecule has 8 heteroatoms. The van der Waals surface area contributed by atoms with Gasteiger partial charge < -0.3 is 25.5 Å². The van der Waals surface area contributed by atoms with E-state index in [1.54, 1.807) is 24.3 Å². The molecule has 0 aliphatic heterocycles. The summed E-state index contributed by atoms with van der Waals surface area (Å²) in [6.45, 7) is 25.3. The van der Waals surface area contributed by atoms with Crippen LogP contribution in [0.1, 0.15) is 225 Å². The van der Waals surface area contributed by atoms with Crippen LogP contribution >= 0.6 is 0 Å². The normalized spacial score (nSPS) is 14.8. The van der Waals surface area contributed by atoms with Crippen LogP contribution < -0.4 is 0 Å². The van der Waals surface area contributed by atoms with Gasteiger partial charge in [-0.2, -0.15) is 0 Å². The van der Waals surface area contributed by atoms with Crippen molar-refractivity contribution >= 4 is 17.9 Å². The van der Waals surface area contributed by atoms with Crippen LogP contribution in [0.15, 0.2) is 24.3 Å². The molecule has 4 unspecified atom stereocenters. The maximum atomic E-state index is 13.7. The molecule has 0 spiro atoms. The van der Waals surface area contributed by atoms with Crippen molar-refractivity contribution in [2.75, 3.05) is 0 Å². The average Bonchev–Trinajstić information content (AvgIpc) is 3.07. The first-order chi connectivity index (χ1) is 26.7. The highest BCUT2D eigenvalue weighted by molar-refractivity contribution is 5.86. The molecule has 0 radical (unpaired) electrons. The van der Waals surface area contributed by atoms with Gasteiger partial charge in [0, 0.05) is 0 Å². The lowest BCUT2D eigenvalue weighted by Crippen LogP contribution is -2.39. The van der Waals surface area contributed by atoms with Gasteiger partial charge in [-0.3, -0.25) is 14.4 Å². The van der Waals surface area contributed by atoms with E-state index in [1.807, 2.05) is 83.1 Å². The number of benzene rings is 2. The summed E-state index contributed by atoms with van der Waals surface area (Å²) >= 11 is 0. The predicted octanol–water partition coefficient (Wildman–Crippen LogP) is 13.1. The summed E-state index contributed by atoms with van der Waals surface area (Å²) in [5.41, 5.74) is 0.278. The smallest absolute Gasteiger partial charge is 0.311 e. The minimum absolute atomic E-state index is 0.0419. The number of aromatic hydroxyl groups is 2. The van der Waals surface area contributed by atoms with Gasteiger partial charge in [0.1, 0.15) is 11.5 Å². The fourth-order valence-corrected chi connectivity index (χ4v) is 8.56. The summed E-state index contributed by atoms with van der Waals surface area (Å²) in [7, 11) is 0. The molecule has 0 aliphatic rings. The van der Waals surface area contributed by atoms with Crippen molar-refractivity contribution in [1.29, 1.82) is 0 Å². The Labute approximate surface area is 351 Å². The van der Waals surface area contributed by atoms with Crippen molar-refractivity contribution < 1.29 is 39.9 Å². The quantitative estimate of drug-likeness (QED) is 0.0737. The average molecular weight is 809 g/mol. The number of rotatable bonds is 22. The molecular formula is C50H80O8. The molecule has 328 valence electrons. The molecule has 2 aromatic carbocycles. The highest BCUT2D eigenvalue weighted by atomic mass is 16.4. The Morgan fingerprint density at radius 3 is 0.983 bits per heavy atom. The highest BCUT2D eigenvalue weighted by Crippen LogP contribution is 2.48. The Bertz CT molecular complexity index is 1590. The fraction of sp³-hybridized carbons (Fsp3) is 0.700. The van der Waals surface area contributed by atoms with E-state index < -0.39 is 63.2 Å². The topological polar surface area (TPSA) is 152 Å². The zero-order chi connectivity index (χ0) is 44.4. The summed E-state index contributed by atoms with van der Waals surface area (Å²) in [6, 6.07) is 6.58. The Morgan fingerprint density at radius 1 is 0.448 bits per heavy atom. The second-order valence-corrected chi connectivity index (χ2v) is 21.1. The molecule has 2 aromatic rings. The molecule has 58 heavy (non-hydrogen) atoms. The maximum Gasteiger partial charge on any atom is 0.311 e. The number of carboxylic acids is 3. The van der Waals surface area contributed by atoms with E-state index in [9.17, 15) is 39.9 Å². The van der Waals surface area contributed by atoms with Crippen molar-refractivity contribution in [2.24, 2.45) is 11.8 Å². The maximum absolute atomic E-state index is 13.7. The Kier molecular flexibility index (Phi) is 18.4. The van der Waals surface area contributed by atoms with Crippen LogP contribution in [0.2, 0.25) is 0 Å². The monoisotopic (exact) mass is 809 g/mol. The van der Waals surface area contributed by atoms with Crippen LogP contribution in [-0.4, -0.2) is 43.4 Å². The second kappa shape index (κ2) is 21.1. The molecule has 0 heterocycles. The number of phenols is 2. The zero-order valence-electron chi connectivity index (χ0n) is 38.5. The van der Waals surface area contributed by atoms with Gasteiger partial charge in [0.25, 0.3) is 0 Å². The van der Waals surface area contributed by atoms with E-state index in [2.05, 4.69) is 6.92 Å². The van der Waals surface area contributed by atoms with Gasteiger partial charge >= 0.3 is 17.9 Å². The lowest BCUT2D eigenvalue weighted by atomic mass is 9.66. The van der Waals surface area contributed by atoms with Crippen LogP contribution in [0.3, 0.4) is 0 Å². The second-order valence-electron chi connectivity index (χ2n) is 21.1. The van der Waals surface area contributed by atoms with Crippen molar-refractivity contribution in [1.82, 2.24) is 0 Å². The van der Waals surface area contributed by atoms with Crippen LogP contribution in [0.25, 0.3) is 0 Å². The largest absolute Gasteiger partial charge is 0.507 e. The van der Waals surface area contributed by atoms with Crippen LogP contribution in [-0.2, 0) is 36.0 Å². The molecule has 8 nitrogen and oxygen atoms in total. The molecular weight excluding hydrogens is 729 g/mol. The molecule has 4 atom stereocenters. The van der Waals surface area contributed by atoms with Crippen molar-refractivity contribution in [3.63, 3.8) is 0 Å². The van der Waals surface area contributed by atoms with Crippen LogP contribution in [0, 0.1) is 11.8 Å². The first kappa shape index (κ1) is 50.6. The predicted molar refractivity (Wildman–Crippen MR) is 237 cm³/mol. The van der Waals surface area contributed by atoms with Gasteiger partial charge in [-0.25, -0.2) is 0 Å². The lowest BCUT2D eigenvalue weighted by Gasteiger charge is -2.36. The minimum atomic E-state index is -1.63. The van der Waals surface area contributed by atoms with E-state index in [1.165, 1.54) is 51.4 Å². The Balaban J connectivity index is 2.76. The first-order valence-electron chi connectivity index (χ1n) is 22.1. The van der Waals surface area contributed by atoms with Gasteiger partial charge in [0.05, 0.1) is 17.8 Å². The van der Waals surface area contributed by atoms with E-state index in [-0.39, 0.29) is 23.5 Å². The third-order valence-electron chi connectivity index (χ3n) is 11.9.